The van der Waals surface area contributed by atoms with Crippen LogP contribution in [0.4, 0.5) is 0 Å². The van der Waals surface area contributed by atoms with Gasteiger partial charge in [0.05, 0.1) is 0 Å². The molecule has 3 fully saturated rings. The van der Waals surface area contributed by atoms with Crippen molar-refractivity contribution in [2.75, 3.05) is 26.2 Å². The summed E-state index contributed by atoms with van der Waals surface area (Å²) >= 11 is 0. The van der Waals surface area contributed by atoms with Gasteiger partial charge in [0.2, 0.25) is 0 Å². The van der Waals surface area contributed by atoms with E-state index in [4.69, 9.17) is 14.7 Å². The number of amides is 1. The fraction of sp³-hybridized carbons (Fsp3) is 0.467. The second-order valence-electron chi connectivity index (χ2n) is 10.2. The molecule has 3 aromatic rings. The van der Waals surface area contributed by atoms with E-state index in [-0.39, 0.29) is 12.5 Å². The maximum atomic E-state index is 12.4. The Morgan fingerprint density at radius 2 is 1.89 bits per heavy atom. The van der Waals surface area contributed by atoms with Crippen LogP contribution >= 0.6 is 0 Å². The summed E-state index contributed by atoms with van der Waals surface area (Å²) in [6.45, 7) is 7.22. The lowest BCUT2D eigenvalue weighted by Gasteiger charge is -2.49. The monoisotopic (exact) mass is 499 g/mol. The highest BCUT2D eigenvalue weighted by molar-refractivity contribution is 5.77. The number of carbonyl (C=O) groups is 1. The third-order valence-corrected chi connectivity index (χ3v) is 8.01. The number of hydrogen-bond acceptors (Lipinski definition) is 6. The maximum Gasteiger partial charge on any atom is 0.257 e. The first-order valence-corrected chi connectivity index (χ1v) is 13.6. The van der Waals surface area contributed by atoms with Crippen LogP contribution in [0.2, 0.25) is 0 Å². The Balaban J connectivity index is 1.26. The molecule has 2 bridgehead atoms. The summed E-state index contributed by atoms with van der Waals surface area (Å²) in [7, 11) is 0. The van der Waals surface area contributed by atoms with E-state index in [1.165, 1.54) is 6.42 Å². The number of pyridine rings is 1. The Hall–Kier alpha value is -3.32. The van der Waals surface area contributed by atoms with Gasteiger partial charge < -0.3 is 10.1 Å². The SMILES string of the molecule is CCC(CC)c1cc(C2CN3CCC2CC3CNC(=O)COc2ccccc2)nc(-c2ccncc2)n1. The number of nitrogens with one attached hydrogen (secondary N) is 1. The van der Waals surface area contributed by atoms with Crippen LogP contribution in [-0.4, -0.2) is 58.0 Å². The van der Waals surface area contributed by atoms with Gasteiger partial charge in [-0.2, -0.15) is 0 Å². The molecule has 1 amide bonds. The zero-order chi connectivity index (χ0) is 25.6. The molecule has 0 aliphatic carbocycles. The lowest BCUT2D eigenvalue weighted by Crippen LogP contribution is -2.56. The standard InChI is InChI=1S/C30H37N5O2/c1-3-21(4-2)27-17-28(34-30(33-27)22-10-13-31-14-11-22)26-19-35-15-12-23(26)16-24(35)18-32-29(36)20-37-25-8-6-5-7-9-25/h5-11,13-14,17,21,23-24,26H,3-4,12,15-16,18-20H2,1-2H3,(H,32,36). The summed E-state index contributed by atoms with van der Waals surface area (Å²) < 4.78 is 5.60. The molecule has 194 valence electrons. The number of para-hydroxylation sites is 1. The van der Waals surface area contributed by atoms with Gasteiger partial charge in [0.1, 0.15) is 5.75 Å². The predicted molar refractivity (Wildman–Crippen MR) is 144 cm³/mol. The summed E-state index contributed by atoms with van der Waals surface area (Å²) in [6, 6.07) is 16.1. The maximum absolute atomic E-state index is 12.4. The van der Waals surface area contributed by atoms with Crippen LogP contribution in [0.1, 0.15) is 62.8 Å². The van der Waals surface area contributed by atoms with Gasteiger partial charge >= 0.3 is 0 Å². The molecule has 0 saturated carbocycles. The fourth-order valence-electron chi connectivity index (χ4n) is 5.86. The normalized spacial score (nSPS) is 22.7. The molecule has 37 heavy (non-hydrogen) atoms. The number of piperidine rings is 3. The van der Waals surface area contributed by atoms with E-state index in [0.717, 1.165) is 55.1 Å². The number of aromatic nitrogens is 3. The molecule has 0 spiro atoms. The number of rotatable bonds is 10. The Morgan fingerprint density at radius 3 is 2.59 bits per heavy atom. The number of fused-ring (bicyclic) bond motifs is 3. The molecular formula is C30H37N5O2. The highest BCUT2D eigenvalue weighted by Crippen LogP contribution is 2.42. The minimum Gasteiger partial charge on any atom is -0.484 e. The van der Waals surface area contributed by atoms with Crippen LogP contribution in [-0.2, 0) is 4.79 Å². The third-order valence-electron chi connectivity index (χ3n) is 8.01. The largest absolute Gasteiger partial charge is 0.484 e. The fourth-order valence-corrected chi connectivity index (χ4v) is 5.86. The molecule has 3 aliphatic rings. The Labute approximate surface area is 219 Å². The first-order valence-electron chi connectivity index (χ1n) is 13.6. The van der Waals surface area contributed by atoms with Gasteiger partial charge in [-0.1, -0.05) is 32.0 Å². The first-order chi connectivity index (χ1) is 18.1. The van der Waals surface area contributed by atoms with Crippen molar-refractivity contribution in [3.63, 3.8) is 0 Å². The molecule has 4 atom stereocenters. The van der Waals surface area contributed by atoms with E-state index in [1.807, 2.05) is 42.5 Å². The molecular weight excluding hydrogens is 462 g/mol. The number of carbonyl (C=O) groups excluding carboxylic acids is 1. The molecule has 7 nitrogen and oxygen atoms in total. The van der Waals surface area contributed by atoms with Gasteiger partial charge in [0.25, 0.3) is 5.91 Å². The van der Waals surface area contributed by atoms with Crippen molar-refractivity contribution >= 4 is 5.91 Å². The van der Waals surface area contributed by atoms with E-state index in [1.54, 1.807) is 12.4 Å². The van der Waals surface area contributed by atoms with Gasteiger partial charge in [0.15, 0.2) is 12.4 Å². The van der Waals surface area contributed by atoms with E-state index in [0.29, 0.717) is 36.1 Å². The highest BCUT2D eigenvalue weighted by Gasteiger charge is 2.41. The molecule has 7 heteroatoms. The van der Waals surface area contributed by atoms with Gasteiger partial charge in [-0.15, -0.1) is 0 Å². The Bertz CT molecular complexity index is 1170. The molecule has 0 radical (unpaired) electrons. The molecule has 4 unspecified atom stereocenters. The minimum atomic E-state index is -0.0735. The number of hydrogen-bond donors (Lipinski definition) is 1. The lowest BCUT2D eigenvalue weighted by molar-refractivity contribution is -0.123. The highest BCUT2D eigenvalue weighted by atomic mass is 16.5. The van der Waals surface area contributed by atoms with Gasteiger partial charge in [-0.05, 0) is 68.5 Å². The topological polar surface area (TPSA) is 80.2 Å². The zero-order valence-corrected chi connectivity index (χ0v) is 21.8. The van der Waals surface area contributed by atoms with E-state index in [2.05, 4.69) is 35.1 Å². The second-order valence-corrected chi connectivity index (χ2v) is 10.2. The predicted octanol–water partition coefficient (Wildman–Crippen LogP) is 4.82. The quantitative estimate of drug-likeness (QED) is 0.431. The van der Waals surface area contributed by atoms with Crippen LogP contribution in [0.5, 0.6) is 5.75 Å². The van der Waals surface area contributed by atoms with Gasteiger partial charge in [0, 0.05) is 60.3 Å². The zero-order valence-electron chi connectivity index (χ0n) is 21.8. The molecule has 3 saturated heterocycles. The van der Waals surface area contributed by atoms with Crippen LogP contribution in [0.3, 0.4) is 0 Å². The molecule has 3 aliphatic heterocycles. The Kier molecular flexibility index (Phi) is 8.09. The number of ether oxygens (including phenoxy) is 1. The summed E-state index contributed by atoms with van der Waals surface area (Å²) in [4.78, 5) is 29.2. The van der Waals surface area contributed by atoms with E-state index < -0.39 is 0 Å². The summed E-state index contributed by atoms with van der Waals surface area (Å²) in [5.41, 5.74) is 3.33. The molecule has 5 heterocycles. The second kappa shape index (κ2) is 11.8. The average molecular weight is 500 g/mol. The van der Waals surface area contributed by atoms with Crippen molar-refractivity contribution in [1.29, 1.82) is 0 Å². The van der Waals surface area contributed by atoms with Crippen molar-refractivity contribution in [2.45, 2.75) is 57.4 Å². The summed E-state index contributed by atoms with van der Waals surface area (Å²) in [6.07, 6.45) is 7.98. The van der Waals surface area contributed by atoms with Crippen molar-refractivity contribution in [3.05, 3.63) is 72.3 Å². The van der Waals surface area contributed by atoms with Crippen molar-refractivity contribution in [2.24, 2.45) is 5.92 Å². The first kappa shape index (κ1) is 25.3. The number of nitrogens with zero attached hydrogens (tertiary/aromatic N) is 4. The molecule has 1 N–H and O–H groups in total. The lowest BCUT2D eigenvalue weighted by atomic mass is 9.74. The van der Waals surface area contributed by atoms with Crippen LogP contribution in [0.25, 0.3) is 11.4 Å². The van der Waals surface area contributed by atoms with Crippen molar-refractivity contribution in [3.8, 4) is 17.1 Å². The summed E-state index contributed by atoms with van der Waals surface area (Å²) in [5.74, 6) is 2.83. The van der Waals surface area contributed by atoms with E-state index in [9.17, 15) is 4.79 Å². The van der Waals surface area contributed by atoms with E-state index >= 15 is 0 Å². The van der Waals surface area contributed by atoms with Crippen LogP contribution in [0, 0.1) is 5.92 Å². The molecule has 6 rings (SSSR count). The number of benzene rings is 1. The minimum absolute atomic E-state index is 0.0420. The average Bonchev–Trinajstić information content (AvgIpc) is 2.97. The van der Waals surface area contributed by atoms with Gasteiger partial charge in [-0.3, -0.25) is 14.7 Å². The molecule has 1 aromatic carbocycles. The molecule has 2 aromatic heterocycles. The Morgan fingerprint density at radius 1 is 1.11 bits per heavy atom. The van der Waals surface area contributed by atoms with Crippen LogP contribution in [0.15, 0.2) is 60.9 Å². The van der Waals surface area contributed by atoms with Gasteiger partial charge in [-0.25, -0.2) is 9.97 Å². The summed E-state index contributed by atoms with van der Waals surface area (Å²) in [5, 5.41) is 3.09. The smallest absolute Gasteiger partial charge is 0.257 e. The van der Waals surface area contributed by atoms with Crippen LogP contribution < -0.4 is 10.1 Å². The van der Waals surface area contributed by atoms with Crippen molar-refractivity contribution in [1.82, 2.24) is 25.2 Å². The third kappa shape index (κ3) is 5.99. The van der Waals surface area contributed by atoms with Crippen molar-refractivity contribution < 1.29 is 9.53 Å².